The number of hydrogen-bond donors (Lipinski definition) is 1. The molecule has 1 atom stereocenters. The van der Waals surface area contributed by atoms with Crippen molar-refractivity contribution in [2.75, 3.05) is 0 Å². The van der Waals surface area contributed by atoms with Gasteiger partial charge in [0.2, 0.25) is 6.10 Å². The van der Waals surface area contributed by atoms with E-state index in [1.165, 1.54) is 6.40 Å². The molecule has 1 unspecified atom stereocenters. The molecule has 0 spiro atoms. The summed E-state index contributed by atoms with van der Waals surface area (Å²) in [6.07, 6.45) is 0.665. The van der Waals surface area contributed by atoms with Crippen LogP contribution in [0.15, 0.2) is 35.4 Å². The second kappa shape index (κ2) is 3.26. The average Bonchev–Trinajstić information content (AvgIpc) is 2.20. The molecule has 1 heterocycles. The van der Waals surface area contributed by atoms with Crippen molar-refractivity contribution in [3.8, 4) is 0 Å². The molecule has 1 aliphatic heterocycles. The van der Waals surface area contributed by atoms with Gasteiger partial charge in [-0.05, 0) is 0 Å². The van der Waals surface area contributed by atoms with Gasteiger partial charge >= 0.3 is 0 Å². The van der Waals surface area contributed by atoms with E-state index in [2.05, 4.69) is 10.5 Å². The number of nitrogens with one attached hydrogen (secondary N) is 1. The standard InChI is InChI=1S/C9H8N2O2/c12-9-8(13-6-10-11-9)7-4-2-1-3-5-7/h1-6,8H,(H,11,12). The van der Waals surface area contributed by atoms with Crippen LogP contribution in [0.2, 0.25) is 0 Å². The van der Waals surface area contributed by atoms with Crippen molar-refractivity contribution in [2.24, 2.45) is 5.10 Å². The van der Waals surface area contributed by atoms with Gasteiger partial charge in [0.15, 0.2) is 6.40 Å². The second-order valence-corrected chi connectivity index (χ2v) is 2.64. The van der Waals surface area contributed by atoms with Crippen molar-refractivity contribution in [3.05, 3.63) is 35.9 Å². The molecule has 0 bridgehead atoms. The minimum absolute atomic E-state index is 0.242. The largest absolute Gasteiger partial charge is 0.464 e. The maximum absolute atomic E-state index is 11.2. The monoisotopic (exact) mass is 176 g/mol. The molecule has 4 nitrogen and oxygen atoms in total. The molecule has 0 saturated carbocycles. The molecule has 2 rings (SSSR count). The van der Waals surface area contributed by atoms with E-state index in [9.17, 15) is 4.79 Å². The van der Waals surface area contributed by atoms with Gasteiger partial charge in [0.25, 0.3) is 5.91 Å². The predicted octanol–water partition coefficient (Wildman–Crippen LogP) is 0.817. The minimum Gasteiger partial charge on any atom is -0.464 e. The molecule has 4 heteroatoms. The number of ether oxygens (including phenoxy) is 1. The first-order valence-corrected chi connectivity index (χ1v) is 3.90. The highest BCUT2D eigenvalue weighted by molar-refractivity contribution is 5.85. The molecular formula is C9H8N2O2. The smallest absolute Gasteiger partial charge is 0.285 e. The number of rotatable bonds is 1. The Morgan fingerprint density at radius 1 is 1.31 bits per heavy atom. The summed E-state index contributed by atoms with van der Waals surface area (Å²) in [5, 5.41) is 3.49. The van der Waals surface area contributed by atoms with Gasteiger partial charge in [0.05, 0.1) is 0 Å². The topological polar surface area (TPSA) is 50.7 Å². The number of hydrogen-bond acceptors (Lipinski definition) is 3. The molecular weight excluding hydrogens is 168 g/mol. The zero-order chi connectivity index (χ0) is 9.10. The van der Waals surface area contributed by atoms with Crippen molar-refractivity contribution in [1.29, 1.82) is 0 Å². The molecule has 66 valence electrons. The van der Waals surface area contributed by atoms with Crippen molar-refractivity contribution >= 4 is 12.3 Å². The fraction of sp³-hybridized carbons (Fsp3) is 0.111. The Labute approximate surface area is 75.2 Å². The van der Waals surface area contributed by atoms with Crippen LogP contribution in [0.4, 0.5) is 0 Å². The van der Waals surface area contributed by atoms with E-state index in [1.807, 2.05) is 30.3 Å². The van der Waals surface area contributed by atoms with E-state index in [0.29, 0.717) is 0 Å². The highest BCUT2D eigenvalue weighted by Crippen LogP contribution is 2.17. The van der Waals surface area contributed by atoms with E-state index >= 15 is 0 Å². The molecule has 1 N–H and O–H groups in total. The molecule has 0 aromatic heterocycles. The molecule has 1 aromatic carbocycles. The molecule has 0 saturated heterocycles. The zero-order valence-corrected chi connectivity index (χ0v) is 6.81. The summed E-state index contributed by atoms with van der Waals surface area (Å²) < 4.78 is 5.07. The summed E-state index contributed by atoms with van der Waals surface area (Å²) in [6.45, 7) is 0. The number of nitrogens with zero attached hydrogens (tertiary/aromatic N) is 1. The Bertz CT molecular complexity index is 335. The van der Waals surface area contributed by atoms with Crippen LogP contribution < -0.4 is 5.43 Å². The van der Waals surface area contributed by atoms with Gasteiger partial charge in [0.1, 0.15) is 0 Å². The highest BCUT2D eigenvalue weighted by Gasteiger charge is 2.23. The summed E-state index contributed by atoms with van der Waals surface area (Å²) in [5.41, 5.74) is 3.16. The van der Waals surface area contributed by atoms with E-state index in [1.54, 1.807) is 0 Å². The Balaban J connectivity index is 2.26. The van der Waals surface area contributed by atoms with Gasteiger partial charge in [-0.2, -0.15) is 0 Å². The third-order valence-electron chi connectivity index (χ3n) is 1.76. The van der Waals surface area contributed by atoms with Crippen LogP contribution in [0.3, 0.4) is 0 Å². The lowest BCUT2D eigenvalue weighted by Gasteiger charge is -2.17. The first-order chi connectivity index (χ1) is 6.38. The van der Waals surface area contributed by atoms with Crippen LogP contribution in [-0.4, -0.2) is 12.3 Å². The van der Waals surface area contributed by atoms with Crippen molar-refractivity contribution in [2.45, 2.75) is 6.10 Å². The van der Waals surface area contributed by atoms with Crippen molar-refractivity contribution < 1.29 is 9.53 Å². The van der Waals surface area contributed by atoms with E-state index < -0.39 is 6.10 Å². The molecule has 0 aliphatic carbocycles. The van der Waals surface area contributed by atoms with Crippen molar-refractivity contribution in [3.63, 3.8) is 0 Å². The predicted molar refractivity (Wildman–Crippen MR) is 46.9 cm³/mol. The average molecular weight is 176 g/mol. The Morgan fingerprint density at radius 3 is 2.77 bits per heavy atom. The number of benzene rings is 1. The van der Waals surface area contributed by atoms with E-state index in [0.717, 1.165) is 5.56 Å². The number of carbonyl (C=O) groups is 1. The van der Waals surface area contributed by atoms with Gasteiger partial charge < -0.3 is 4.74 Å². The summed E-state index contributed by atoms with van der Waals surface area (Å²) in [6, 6.07) is 9.28. The lowest BCUT2D eigenvalue weighted by molar-refractivity contribution is -0.129. The third kappa shape index (κ3) is 1.51. The maximum Gasteiger partial charge on any atom is 0.285 e. The number of hydrazone groups is 1. The lowest BCUT2D eigenvalue weighted by Crippen LogP contribution is -2.31. The summed E-state index contributed by atoms with van der Waals surface area (Å²) in [7, 11) is 0. The van der Waals surface area contributed by atoms with Crippen LogP contribution in [0.25, 0.3) is 0 Å². The van der Waals surface area contributed by atoms with Crippen LogP contribution >= 0.6 is 0 Å². The first kappa shape index (κ1) is 7.79. The lowest BCUT2D eigenvalue weighted by atomic mass is 10.1. The number of amides is 1. The van der Waals surface area contributed by atoms with Crippen LogP contribution in [0.1, 0.15) is 11.7 Å². The van der Waals surface area contributed by atoms with Crippen LogP contribution in [0, 0.1) is 0 Å². The SMILES string of the molecule is O=C1NN=COC1c1ccccc1. The summed E-state index contributed by atoms with van der Waals surface area (Å²) in [4.78, 5) is 11.2. The molecule has 0 radical (unpaired) electrons. The Hall–Kier alpha value is -1.84. The summed E-state index contributed by atoms with van der Waals surface area (Å²) >= 11 is 0. The van der Waals surface area contributed by atoms with Gasteiger partial charge in [-0.1, -0.05) is 30.3 Å². The molecule has 1 aliphatic rings. The number of carbonyl (C=O) groups excluding carboxylic acids is 1. The van der Waals surface area contributed by atoms with Crippen molar-refractivity contribution in [1.82, 2.24) is 5.43 Å². The highest BCUT2D eigenvalue weighted by atomic mass is 16.5. The normalized spacial score (nSPS) is 20.6. The minimum atomic E-state index is -0.571. The zero-order valence-electron chi connectivity index (χ0n) is 6.81. The molecule has 1 aromatic rings. The quantitative estimate of drug-likeness (QED) is 0.688. The molecule has 1 amide bonds. The fourth-order valence-electron chi connectivity index (χ4n) is 1.16. The molecule has 13 heavy (non-hydrogen) atoms. The molecule has 0 fully saturated rings. The fourth-order valence-corrected chi connectivity index (χ4v) is 1.16. The van der Waals surface area contributed by atoms with E-state index in [4.69, 9.17) is 4.74 Å². The Kier molecular flexibility index (Phi) is 1.96. The van der Waals surface area contributed by atoms with Crippen LogP contribution in [-0.2, 0) is 9.53 Å². The van der Waals surface area contributed by atoms with Crippen LogP contribution in [0.5, 0.6) is 0 Å². The first-order valence-electron chi connectivity index (χ1n) is 3.90. The van der Waals surface area contributed by atoms with Gasteiger partial charge in [-0.15, -0.1) is 5.10 Å². The summed E-state index contributed by atoms with van der Waals surface area (Å²) in [5.74, 6) is -0.242. The third-order valence-corrected chi connectivity index (χ3v) is 1.76. The van der Waals surface area contributed by atoms with Gasteiger partial charge in [-0.25, -0.2) is 5.43 Å². The maximum atomic E-state index is 11.2. The van der Waals surface area contributed by atoms with Gasteiger partial charge in [0, 0.05) is 5.56 Å². The second-order valence-electron chi connectivity index (χ2n) is 2.64. The Morgan fingerprint density at radius 2 is 2.08 bits per heavy atom. The van der Waals surface area contributed by atoms with Gasteiger partial charge in [-0.3, -0.25) is 4.79 Å². The van der Waals surface area contributed by atoms with E-state index in [-0.39, 0.29) is 5.91 Å².